The van der Waals surface area contributed by atoms with Gasteiger partial charge in [0, 0.05) is 44.5 Å². The molecule has 0 spiro atoms. The summed E-state index contributed by atoms with van der Waals surface area (Å²) in [6.45, 7) is 13.1. The van der Waals surface area contributed by atoms with Gasteiger partial charge in [-0.1, -0.05) is 27.7 Å². The van der Waals surface area contributed by atoms with Crippen molar-refractivity contribution in [2.45, 2.75) is 53.4 Å². The highest BCUT2D eigenvalue weighted by Gasteiger charge is 2.33. The SMILES string of the molecule is CCc1nc(N2CCN(C(=S)NC)CC2)c2c3c(sc2n1)C[C@H](C(C)(C)C)CC3. The van der Waals surface area contributed by atoms with Gasteiger partial charge in [-0.05, 0) is 48.4 Å². The van der Waals surface area contributed by atoms with E-state index in [0.29, 0.717) is 5.41 Å². The zero-order valence-corrected chi connectivity index (χ0v) is 20.0. The lowest BCUT2D eigenvalue weighted by Gasteiger charge is -2.37. The summed E-state index contributed by atoms with van der Waals surface area (Å²) in [7, 11) is 1.90. The van der Waals surface area contributed by atoms with Gasteiger partial charge in [0.25, 0.3) is 0 Å². The molecule has 0 saturated carbocycles. The van der Waals surface area contributed by atoms with E-state index < -0.39 is 0 Å². The standard InChI is InChI=1S/C22H33N5S2/c1-6-17-24-19(26-9-11-27(12-10-26)21(28)23-5)18-15-8-7-14(22(2,3)4)13-16(15)29-20(18)25-17/h14H,6-13H2,1-5H3,(H,23,28)/t14-/m1/s1. The Balaban J connectivity index is 1.69. The Kier molecular flexibility index (Phi) is 5.73. The van der Waals surface area contributed by atoms with E-state index in [2.05, 4.69) is 42.8 Å². The number of nitrogens with zero attached hydrogens (tertiary/aromatic N) is 4. The molecule has 0 amide bonds. The highest BCUT2D eigenvalue weighted by Crippen LogP contribution is 2.45. The molecular formula is C22H33N5S2. The molecule has 1 atom stereocenters. The van der Waals surface area contributed by atoms with Crippen LogP contribution in [0.25, 0.3) is 10.2 Å². The zero-order valence-electron chi connectivity index (χ0n) is 18.3. The van der Waals surface area contributed by atoms with Crippen molar-refractivity contribution < 1.29 is 0 Å². The largest absolute Gasteiger partial charge is 0.366 e. The third-order valence-electron chi connectivity index (χ3n) is 6.56. The van der Waals surface area contributed by atoms with Crippen molar-refractivity contribution in [2.24, 2.45) is 11.3 Å². The maximum absolute atomic E-state index is 5.43. The smallest absolute Gasteiger partial charge is 0.168 e. The molecule has 1 aliphatic heterocycles. The van der Waals surface area contributed by atoms with Crippen molar-refractivity contribution in [3.05, 3.63) is 16.3 Å². The molecule has 7 heteroatoms. The van der Waals surface area contributed by atoms with Crippen LogP contribution in [0.2, 0.25) is 0 Å². The molecule has 2 aliphatic rings. The van der Waals surface area contributed by atoms with Crippen molar-refractivity contribution in [1.82, 2.24) is 20.2 Å². The van der Waals surface area contributed by atoms with Crippen molar-refractivity contribution in [1.29, 1.82) is 0 Å². The second-order valence-corrected chi connectivity index (χ2v) is 10.8. The van der Waals surface area contributed by atoms with Crippen molar-refractivity contribution in [3.8, 4) is 0 Å². The summed E-state index contributed by atoms with van der Waals surface area (Å²) in [6.07, 6.45) is 4.48. The average Bonchev–Trinajstić information content (AvgIpc) is 3.09. The summed E-state index contributed by atoms with van der Waals surface area (Å²) in [5, 5.41) is 5.28. The topological polar surface area (TPSA) is 44.3 Å². The van der Waals surface area contributed by atoms with Gasteiger partial charge in [-0.2, -0.15) is 0 Å². The molecule has 158 valence electrons. The van der Waals surface area contributed by atoms with Gasteiger partial charge in [0.2, 0.25) is 0 Å². The second kappa shape index (κ2) is 7.99. The molecule has 0 aromatic carbocycles. The molecule has 1 aliphatic carbocycles. The Morgan fingerprint density at radius 2 is 1.93 bits per heavy atom. The third kappa shape index (κ3) is 3.96. The van der Waals surface area contributed by atoms with E-state index in [1.807, 2.05) is 18.4 Å². The normalized spacial score (nSPS) is 20.1. The first-order chi connectivity index (χ1) is 13.8. The molecule has 5 nitrogen and oxygen atoms in total. The fourth-order valence-corrected chi connectivity index (χ4v) is 6.10. The van der Waals surface area contributed by atoms with Gasteiger partial charge >= 0.3 is 0 Å². The van der Waals surface area contributed by atoms with Crippen molar-refractivity contribution in [2.75, 3.05) is 38.1 Å². The van der Waals surface area contributed by atoms with Crippen LogP contribution in [0.15, 0.2) is 0 Å². The Morgan fingerprint density at radius 1 is 1.21 bits per heavy atom. The third-order valence-corrected chi connectivity index (χ3v) is 8.17. The Bertz CT molecular complexity index is 906. The van der Waals surface area contributed by atoms with Gasteiger partial charge in [0.1, 0.15) is 16.5 Å². The van der Waals surface area contributed by atoms with Crippen LogP contribution in [-0.2, 0) is 19.3 Å². The minimum atomic E-state index is 0.360. The average molecular weight is 432 g/mol. The van der Waals surface area contributed by atoms with Crippen LogP contribution in [0.4, 0.5) is 5.82 Å². The molecule has 1 fully saturated rings. The number of fused-ring (bicyclic) bond motifs is 3. The van der Waals surface area contributed by atoms with E-state index in [-0.39, 0.29) is 0 Å². The molecule has 2 aromatic rings. The Morgan fingerprint density at radius 3 is 2.55 bits per heavy atom. The number of hydrogen-bond donors (Lipinski definition) is 1. The number of nitrogens with one attached hydrogen (secondary N) is 1. The van der Waals surface area contributed by atoms with Gasteiger partial charge in [0.15, 0.2) is 5.11 Å². The van der Waals surface area contributed by atoms with Crippen LogP contribution in [0, 0.1) is 11.3 Å². The van der Waals surface area contributed by atoms with Crippen molar-refractivity contribution in [3.63, 3.8) is 0 Å². The maximum Gasteiger partial charge on any atom is 0.168 e. The van der Waals surface area contributed by atoms with Gasteiger partial charge < -0.3 is 15.1 Å². The Labute approximate surface area is 183 Å². The fraction of sp³-hybridized carbons (Fsp3) is 0.682. The molecule has 1 saturated heterocycles. The summed E-state index contributed by atoms with van der Waals surface area (Å²) in [5.41, 5.74) is 1.88. The summed E-state index contributed by atoms with van der Waals surface area (Å²) < 4.78 is 0. The number of thiocarbonyl (C=S) groups is 1. The number of aryl methyl sites for hydroxylation is 2. The first-order valence-corrected chi connectivity index (χ1v) is 12.1. The fourth-order valence-electron chi connectivity index (χ4n) is 4.61. The van der Waals surface area contributed by atoms with Gasteiger partial charge in [0.05, 0.1) is 5.39 Å². The number of piperazine rings is 1. The van der Waals surface area contributed by atoms with Crippen LogP contribution < -0.4 is 10.2 Å². The monoisotopic (exact) mass is 431 g/mol. The van der Waals surface area contributed by atoms with Crippen LogP contribution in [0.1, 0.15) is 50.4 Å². The predicted octanol–water partition coefficient (Wildman–Crippen LogP) is 4.03. The number of hydrogen-bond acceptors (Lipinski definition) is 5. The molecule has 0 bridgehead atoms. The molecule has 1 N–H and O–H groups in total. The molecule has 2 aromatic heterocycles. The minimum absolute atomic E-state index is 0.360. The number of rotatable bonds is 2. The highest BCUT2D eigenvalue weighted by atomic mass is 32.1. The molecule has 0 radical (unpaired) electrons. The predicted molar refractivity (Wildman–Crippen MR) is 127 cm³/mol. The van der Waals surface area contributed by atoms with E-state index in [4.69, 9.17) is 22.2 Å². The summed E-state index contributed by atoms with van der Waals surface area (Å²) in [6, 6.07) is 0. The van der Waals surface area contributed by atoms with E-state index in [1.54, 1.807) is 4.88 Å². The zero-order chi connectivity index (χ0) is 20.8. The molecule has 4 rings (SSSR count). The molecule has 3 heterocycles. The quantitative estimate of drug-likeness (QED) is 0.724. The summed E-state index contributed by atoms with van der Waals surface area (Å²) in [4.78, 5) is 17.4. The lowest BCUT2D eigenvalue weighted by molar-refractivity contribution is 0.218. The first kappa shape index (κ1) is 20.8. The van der Waals surface area contributed by atoms with E-state index >= 15 is 0 Å². The highest BCUT2D eigenvalue weighted by molar-refractivity contribution is 7.80. The molecule has 0 unspecified atom stereocenters. The maximum atomic E-state index is 5.43. The summed E-state index contributed by atoms with van der Waals surface area (Å²) in [5.74, 6) is 2.87. The molecule has 29 heavy (non-hydrogen) atoms. The van der Waals surface area contributed by atoms with Crippen LogP contribution >= 0.6 is 23.6 Å². The van der Waals surface area contributed by atoms with Crippen LogP contribution in [0.3, 0.4) is 0 Å². The lowest BCUT2D eigenvalue weighted by atomic mass is 9.72. The minimum Gasteiger partial charge on any atom is -0.366 e. The lowest BCUT2D eigenvalue weighted by Crippen LogP contribution is -2.51. The van der Waals surface area contributed by atoms with Gasteiger partial charge in [-0.3, -0.25) is 0 Å². The second-order valence-electron chi connectivity index (χ2n) is 9.34. The van der Waals surface area contributed by atoms with Crippen LogP contribution in [-0.4, -0.2) is 53.2 Å². The van der Waals surface area contributed by atoms with E-state index in [9.17, 15) is 0 Å². The van der Waals surface area contributed by atoms with Gasteiger partial charge in [-0.15, -0.1) is 11.3 Å². The number of aromatic nitrogens is 2. The summed E-state index contributed by atoms with van der Waals surface area (Å²) >= 11 is 7.34. The molecular weight excluding hydrogens is 398 g/mol. The number of thiophene rings is 1. The first-order valence-electron chi connectivity index (χ1n) is 10.8. The Hall–Kier alpha value is -1.47. The van der Waals surface area contributed by atoms with Crippen LogP contribution in [0.5, 0.6) is 0 Å². The van der Waals surface area contributed by atoms with E-state index in [0.717, 1.165) is 61.7 Å². The van der Waals surface area contributed by atoms with Gasteiger partial charge in [-0.25, -0.2) is 9.97 Å². The number of anilines is 1. The van der Waals surface area contributed by atoms with E-state index in [1.165, 1.54) is 28.6 Å². The van der Waals surface area contributed by atoms with Crippen molar-refractivity contribution >= 4 is 44.7 Å².